The lowest BCUT2D eigenvalue weighted by molar-refractivity contribution is 0.415. The van der Waals surface area contributed by atoms with Crippen LogP contribution in [0.1, 0.15) is 5.56 Å². The fraction of sp³-hybridized carbons (Fsp3) is 0.118. The topological polar surface area (TPSA) is 48.1 Å². The van der Waals surface area contributed by atoms with Crippen molar-refractivity contribution in [2.45, 2.75) is 6.92 Å². The number of nitrogens with zero attached hydrogens (tertiary/aromatic N) is 1. The Morgan fingerprint density at radius 2 is 1.75 bits per heavy atom. The third-order valence-corrected chi connectivity index (χ3v) is 3.53. The standard InChI is InChI=1S/C17H16N2O/c1-11-7-8-19-17(16(11)18)14-4-3-13-10-15(20-2)6-5-12(13)9-14/h3-10H,18H2,1-2H3. The van der Waals surface area contributed by atoms with Gasteiger partial charge in [-0.2, -0.15) is 0 Å². The monoisotopic (exact) mass is 264 g/mol. The van der Waals surface area contributed by atoms with E-state index < -0.39 is 0 Å². The Labute approximate surface area is 118 Å². The van der Waals surface area contributed by atoms with Crippen LogP contribution in [0.15, 0.2) is 48.7 Å². The van der Waals surface area contributed by atoms with Crippen molar-refractivity contribution < 1.29 is 4.74 Å². The molecule has 0 radical (unpaired) electrons. The molecule has 0 amide bonds. The van der Waals surface area contributed by atoms with Crippen molar-refractivity contribution in [3.8, 4) is 17.0 Å². The lowest BCUT2D eigenvalue weighted by Gasteiger charge is -2.09. The third kappa shape index (κ3) is 2.07. The Morgan fingerprint density at radius 1 is 1.00 bits per heavy atom. The van der Waals surface area contributed by atoms with Crippen molar-refractivity contribution in [3.63, 3.8) is 0 Å². The highest BCUT2D eigenvalue weighted by molar-refractivity contribution is 5.89. The lowest BCUT2D eigenvalue weighted by Crippen LogP contribution is -1.96. The van der Waals surface area contributed by atoms with E-state index in [1.54, 1.807) is 13.3 Å². The molecule has 0 saturated heterocycles. The molecule has 3 aromatic rings. The number of aryl methyl sites for hydroxylation is 1. The molecule has 100 valence electrons. The second-order valence-electron chi connectivity index (χ2n) is 4.82. The van der Waals surface area contributed by atoms with Crippen LogP contribution in [-0.4, -0.2) is 12.1 Å². The van der Waals surface area contributed by atoms with Gasteiger partial charge < -0.3 is 10.5 Å². The van der Waals surface area contributed by atoms with E-state index in [1.807, 2.05) is 37.3 Å². The van der Waals surface area contributed by atoms with Gasteiger partial charge >= 0.3 is 0 Å². The Hall–Kier alpha value is -2.55. The van der Waals surface area contributed by atoms with Crippen LogP contribution in [0.2, 0.25) is 0 Å². The lowest BCUT2D eigenvalue weighted by atomic mass is 10.0. The molecule has 0 aliphatic carbocycles. The molecule has 0 aliphatic rings. The summed E-state index contributed by atoms with van der Waals surface area (Å²) in [5, 5.41) is 2.28. The highest BCUT2D eigenvalue weighted by Crippen LogP contribution is 2.29. The first-order chi connectivity index (χ1) is 9.69. The molecule has 0 atom stereocenters. The molecule has 3 nitrogen and oxygen atoms in total. The van der Waals surface area contributed by atoms with Crippen molar-refractivity contribution >= 4 is 16.5 Å². The molecule has 0 spiro atoms. The first-order valence-electron chi connectivity index (χ1n) is 6.48. The quantitative estimate of drug-likeness (QED) is 0.765. The fourth-order valence-electron chi connectivity index (χ4n) is 2.30. The van der Waals surface area contributed by atoms with Gasteiger partial charge in [-0.3, -0.25) is 4.98 Å². The molecule has 2 aromatic carbocycles. The molecule has 0 aliphatic heterocycles. The Balaban J connectivity index is 2.16. The van der Waals surface area contributed by atoms with E-state index in [0.29, 0.717) is 0 Å². The van der Waals surface area contributed by atoms with Crippen molar-refractivity contribution in [1.82, 2.24) is 4.98 Å². The van der Waals surface area contributed by atoms with Gasteiger partial charge in [0, 0.05) is 11.8 Å². The SMILES string of the molecule is COc1ccc2cc(-c3nccc(C)c3N)ccc2c1. The number of nitrogens with two attached hydrogens (primary N) is 1. The summed E-state index contributed by atoms with van der Waals surface area (Å²) in [6, 6.07) is 14.2. The third-order valence-electron chi connectivity index (χ3n) is 3.53. The maximum absolute atomic E-state index is 6.12. The van der Waals surface area contributed by atoms with Gasteiger partial charge in [0.05, 0.1) is 18.5 Å². The Bertz CT molecular complexity index is 781. The minimum absolute atomic E-state index is 0.736. The largest absolute Gasteiger partial charge is 0.497 e. The van der Waals surface area contributed by atoms with Gasteiger partial charge in [-0.15, -0.1) is 0 Å². The molecule has 3 heteroatoms. The predicted octanol–water partition coefficient (Wildman–Crippen LogP) is 3.80. The maximum Gasteiger partial charge on any atom is 0.119 e. The smallest absolute Gasteiger partial charge is 0.119 e. The average molecular weight is 264 g/mol. The predicted molar refractivity (Wildman–Crippen MR) is 82.9 cm³/mol. The molecular formula is C17H16N2O. The summed E-state index contributed by atoms with van der Waals surface area (Å²) in [4.78, 5) is 4.40. The van der Waals surface area contributed by atoms with Crippen LogP contribution in [-0.2, 0) is 0 Å². The second kappa shape index (κ2) is 4.85. The van der Waals surface area contributed by atoms with Crippen LogP contribution < -0.4 is 10.5 Å². The molecule has 1 heterocycles. The first kappa shape index (κ1) is 12.5. The van der Waals surface area contributed by atoms with Crippen LogP contribution in [0.4, 0.5) is 5.69 Å². The van der Waals surface area contributed by atoms with Crippen molar-refractivity contribution in [1.29, 1.82) is 0 Å². The van der Waals surface area contributed by atoms with Crippen LogP contribution >= 0.6 is 0 Å². The van der Waals surface area contributed by atoms with Gasteiger partial charge in [0.25, 0.3) is 0 Å². The molecule has 0 fully saturated rings. The number of aromatic nitrogens is 1. The number of anilines is 1. The van der Waals surface area contributed by atoms with Gasteiger partial charge in [-0.25, -0.2) is 0 Å². The number of hydrogen-bond acceptors (Lipinski definition) is 3. The fourth-order valence-corrected chi connectivity index (χ4v) is 2.30. The van der Waals surface area contributed by atoms with Gasteiger partial charge in [0.15, 0.2) is 0 Å². The zero-order valence-electron chi connectivity index (χ0n) is 11.6. The summed E-state index contributed by atoms with van der Waals surface area (Å²) in [6.45, 7) is 1.99. The van der Waals surface area contributed by atoms with E-state index in [2.05, 4.69) is 17.1 Å². The van der Waals surface area contributed by atoms with E-state index >= 15 is 0 Å². The molecule has 2 N–H and O–H groups in total. The zero-order chi connectivity index (χ0) is 14.1. The molecule has 1 aromatic heterocycles. The van der Waals surface area contributed by atoms with Crippen LogP contribution in [0.25, 0.3) is 22.0 Å². The van der Waals surface area contributed by atoms with Crippen LogP contribution in [0.3, 0.4) is 0 Å². The number of fused-ring (bicyclic) bond motifs is 1. The number of methoxy groups -OCH3 is 1. The summed E-state index contributed by atoms with van der Waals surface area (Å²) in [7, 11) is 1.67. The van der Waals surface area contributed by atoms with Crippen molar-refractivity contribution in [3.05, 3.63) is 54.2 Å². The van der Waals surface area contributed by atoms with E-state index in [4.69, 9.17) is 10.5 Å². The molecule has 3 rings (SSSR count). The number of nitrogen functional groups attached to an aromatic ring is 1. The zero-order valence-corrected chi connectivity index (χ0v) is 11.6. The highest BCUT2D eigenvalue weighted by atomic mass is 16.5. The Morgan fingerprint density at radius 3 is 2.55 bits per heavy atom. The Kier molecular flexibility index (Phi) is 3.03. The van der Waals surface area contributed by atoms with E-state index in [-0.39, 0.29) is 0 Å². The minimum Gasteiger partial charge on any atom is -0.497 e. The number of ether oxygens (including phenoxy) is 1. The number of hydrogen-bond donors (Lipinski definition) is 1. The van der Waals surface area contributed by atoms with Crippen LogP contribution in [0, 0.1) is 6.92 Å². The molecule has 20 heavy (non-hydrogen) atoms. The summed E-state index contributed by atoms with van der Waals surface area (Å²) >= 11 is 0. The van der Waals surface area contributed by atoms with Crippen LogP contribution in [0.5, 0.6) is 5.75 Å². The molecule has 0 bridgehead atoms. The minimum atomic E-state index is 0.736. The van der Waals surface area contributed by atoms with Gasteiger partial charge in [0.1, 0.15) is 5.75 Å². The van der Waals surface area contributed by atoms with Crippen molar-refractivity contribution in [2.75, 3.05) is 12.8 Å². The summed E-state index contributed by atoms with van der Waals surface area (Å²) in [6.07, 6.45) is 1.79. The normalized spacial score (nSPS) is 10.7. The van der Waals surface area contributed by atoms with Gasteiger partial charge in [-0.05, 0) is 47.5 Å². The average Bonchev–Trinajstić information content (AvgIpc) is 2.49. The van der Waals surface area contributed by atoms with E-state index in [1.165, 1.54) is 0 Å². The number of pyridine rings is 1. The van der Waals surface area contributed by atoms with E-state index in [0.717, 1.165) is 39.0 Å². The van der Waals surface area contributed by atoms with Crippen molar-refractivity contribution in [2.24, 2.45) is 0 Å². The molecular weight excluding hydrogens is 248 g/mol. The summed E-state index contributed by atoms with van der Waals surface area (Å²) in [5.41, 5.74) is 9.77. The molecule has 0 saturated carbocycles. The number of rotatable bonds is 2. The molecule has 0 unspecified atom stereocenters. The number of benzene rings is 2. The first-order valence-corrected chi connectivity index (χ1v) is 6.48. The second-order valence-corrected chi connectivity index (χ2v) is 4.82. The van der Waals surface area contributed by atoms with E-state index in [9.17, 15) is 0 Å². The summed E-state index contributed by atoms with van der Waals surface area (Å²) < 4.78 is 5.24. The van der Waals surface area contributed by atoms with Gasteiger partial charge in [-0.1, -0.05) is 18.2 Å². The van der Waals surface area contributed by atoms with Gasteiger partial charge in [0.2, 0.25) is 0 Å². The summed E-state index contributed by atoms with van der Waals surface area (Å²) in [5.74, 6) is 0.860. The highest BCUT2D eigenvalue weighted by Gasteiger charge is 2.07. The maximum atomic E-state index is 6.12.